The van der Waals surface area contributed by atoms with E-state index >= 15 is 0 Å². The standard InChI is InChI=1S/C15H12BrN3O2/c1-9(20)19-8-10(7-14(19)21)18-13-5-4-12(16)11-3-2-6-17-15(11)13/h2-7,18H,8H2,1H3. The highest BCUT2D eigenvalue weighted by Crippen LogP contribution is 2.29. The largest absolute Gasteiger partial charge is 0.355 e. The zero-order chi connectivity index (χ0) is 15.0. The first-order valence-electron chi connectivity index (χ1n) is 6.39. The number of rotatable bonds is 2. The summed E-state index contributed by atoms with van der Waals surface area (Å²) in [5.41, 5.74) is 2.30. The molecule has 1 N–H and O–H groups in total. The highest BCUT2D eigenvalue weighted by atomic mass is 79.9. The van der Waals surface area contributed by atoms with Crippen LogP contribution >= 0.6 is 15.9 Å². The van der Waals surface area contributed by atoms with Gasteiger partial charge in [0.2, 0.25) is 5.91 Å². The summed E-state index contributed by atoms with van der Waals surface area (Å²) in [6, 6.07) is 7.65. The summed E-state index contributed by atoms with van der Waals surface area (Å²) in [6.45, 7) is 1.64. The summed E-state index contributed by atoms with van der Waals surface area (Å²) in [7, 11) is 0. The lowest BCUT2D eigenvalue weighted by Crippen LogP contribution is -2.31. The Labute approximate surface area is 129 Å². The van der Waals surface area contributed by atoms with Crippen molar-refractivity contribution in [2.45, 2.75) is 6.92 Å². The lowest BCUT2D eigenvalue weighted by atomic mass is 10.2. The minimum absolute atomic E-state index is 0.258. The molecule has 1 aliphatic heterocycles. The van der Waals surface area contributed by atoms with Crippen LogP contribution in [0.1, 0.15) is 6.92 Å². The van der Waals surface area contributed by atoms with E-state index in [9.17, 15) is 9.59 Å². The zero-order valence-electron chi connectivity index (χ0n) is 11.3. The lowest BCUT2D eigenvalue weighted by molar-refractivity contribution is -0.138. The second-order valence-corrected chi connectivity index (χ2v) is 5.59. The fourth-order valence-corrected chi connectivity index (χ4v) is 2.73. The minimum atomic E-state index is -0.292. The molecule has 5 nitrogen and oxygen atoms in total. The molecule has 1 aromatic heterocycles. The third kappa shape index (κ3) is 2.54. The van der Waals surface area contributed by atoms with E-state index in [1.54, 1.807) is 6.20 Å². The Kier molecular flexibility index (Phi) is 3.47. The molecule has 3 rings (SSSR count). The van der Waals surface area contributed by atoms with Crippen LogP contribution in [0, 0.1) is 0 Å². The second kappa shape index (κ2) is 5.29. The predicted octanol–water partition coefficient (Wildman–Crippen LogP) is 2.68. The first-order valence-corrected chi connectivity index (χ1v) is 7.18. The highest BCUT2D eigenvalue weighted by molar-refractivity contribution is 9.10. The van der Waals surface area contributed by atoms with Gasteiger partial charge in [-0.1, -0.05) is 22.0 Å². The predicted molar refractivity (Wildman–Crippen MR) is 83.5 cm³/mol. The quantitative estimate of drug-likeness (QED) is 0.908. The average molecular weight is 346 g/mol. The second-order valence-electron chi connectivity index (χ2n) is 4.73. The van der Waals surface area contributed by atoms with Gasteiger partial charge < -0.3 is 5.32 Å². The zero-order valence-corrected chi connectivity index (χ0v) is 12.8. The Bertz CT molecular complexity index is 786. The van der Waals surface area contributed by atoms with E-state index in [1.165, 1.54) is 17.9 Å². The molecule has 0 saturated heterocycles. The van der Waals surface area contributed by atoms with E-state index < -0.39 is 0 Å². The number of nitrogens with one attached hydrogen (secondary N) is 1. The van der Waals surface area contributed by atoms with Crippen molar-refractivity contribution < 1.29 is 9.59 Å². The van der Waals surface area contributed by atoms with Gasteiger partial charge in [0.05, 0.1) is 17.7 Å². The topological polar surface area (TPSA) is 62.3 Å². The number of carbonyl (C=O) groups is 2. The van der Waals surface area contributed by atoms with Crippen molar-refractivity contribution in [2.75, 3.05) is 11.9 Å². The maximum atomic E-state index is 11.7. The van der Waals surface area contributed by atoms with Gasteiger partial charge in [0, 0.05) is 34.8 Å². The van der Waals surface area contributed by atoms with Gasteiger partial charge in [-0.2, -0.15) is 0 Å². The number of carbonyl (C=O) groups excluding carboxylic acids is 2. The van der Waals surface area contributed by atoms with Gasteiger partial charge in [0.1, 0.15) is 0 Å². The maximum absolute atomic E-state index is 11.7. The molecule has 0 bridgehead atoms. The molecule has 0 fully saturated rings. The van der Waals surface area contributed by atoms with Gasteiger partial charge in [-0.3, -0.25) is 19.5 Å². The van der Waals surface area contributed by atoms with Gasteiger partial charge in [-0.15, -0.1) is 0 Å². The number of pyridine rings is 1. The van der Waals surface area contributed by atoms with Crippen LogP contribution in [0.15, 0.2) is 46.7 Å². The molecule has 0 atom stereocenters. The maximum Gasteiger partial charge on any atom is 0.255 e. The summed E-state index contributed by atoms with van der Waals surface area (Å²) in [6.07, 6.45) is 3.16. The molecule has 0 unspecified atom stereocenters. The van der Waals surface area contributed by atoms with E-state index in [0.717, 1.165) is 21.1 Å². The Morgan fingerprint density at radius 2 is 2.19 bits per heavy atom. The van der Waals surface area contributed by atoms with E-state index in [1.807, 2.05) is 24.3 Å². The molecule has 0 aliphatic carbocycles. The molecule has 21 heavy (non-hydrogen) atoms. The Balaban J connectivity index is 1.94. The molecular weight excluding hydrogens is 334 g/mol. The molecule has 0 spiro atoms. The molecule has 1 aromatic carbocycles. The van der Waals surface area contributed by atoms with Crippen LogP contribution in [-0.4, -0.2) is 28.2 Å². The fraction of sp³-hybridized carbons (Fsp3) is 0.133. The van der Waals surface area contributed by atoms with E-state index in [-0.39, 0.29) is 18.4 Å². The van der Waals surface area contributed by atoms with Gasteiger partial charge in [-0.05, 0) is 18.2 Å². The van der Waals surface area contributed by atoms with Crippen molar-refractivity contribution in [3.8, 4) is 0 Å². The van der Waals surface area contributed by atoms with Gasteiger partial charge >= 0.3 is 0 Å². The number of anilines is 1. The normalized spacial score (nSPS) is 14.5. The van der Waals surface area contributed by atoms with Crippen molar-refractivity contribution in [3.63, 3.8) is 0 Å². The number of hydrogen-bond acceptors (Lipinski definition) is 4. The smallest absolute Gasteiger partial charge is 0.255 e. The number of hydrogen-bond donors (Lipinski definition) is 1. The number of amides is 2. The van der Waals surface area contributed by atoms with Crippen LogP contribution in [0.4, 0.5) is 5.69 Å². The minimum Gasteiger partial charge on any atom is -0.355 e. The monoisotopic (exact) mass is 345 g/mol. The molecule has 2 amide bonds. The Morgan fingerprint density at radius 3 is 2.90 bits per heavy atom. The lowest BCUT2D eigenvalue weighted by Gasteiger charge is -2.13. The third-order valence-corrected chi connectivity index (χ3v) is 3.98. The first kappa shape index (κ1) is 13.8. The summed E-state index contributed by atoms with van der Waals surface area (Å²) < 4.78 is 0.956. The number of halogens is 1. The highest BCUT2D eigenvalue weighted by Gasteiger charge is 2.25. The number of benzene rings is 1. The van der Waals surface area contributed by atoms with Gasteiger partial charge in [-0.25, -0.2) is 0 Å². The van der Waals surface area contributed by atoms with Gasteiger partial charge in [0.15, 0.2) is 0 Å². The number of nitrogens with zero attached hydrogens (tertiary/aromatic N) is 2. The van der Waals surface area contributed by atoms with Crippen LogP contribution in [0.25, 0.3) is 10.9 Å². The third-order valence-electron chi connectivity index (χ3n) is 3.28. The van der Waals surface area contributed by atoms with Crippen LogP contribution in [0.5, 0.6) is 0 Å². The first-order chi connectivity index (χ1) is 10.1. The Hall–Kier alpha value is -2.21. The fourth-order valence-electron chi connectivity index (χ4n) is 2.27. The van der Waals surface area contributed by atoms with Crippen molar-refractivity contribution >= 4 is 44.3 Å². The van der Waals surface area contributed by atoms with E-state index in [2.05, 4.69) is 26.2 Å². The SMILES string of the molecule is CC(=O)N1CC(Nc2ccc(Br)c3cccnc23)=CC1=O. The summed E-state index contributed by atoms with van der Waals surface area (Å²) in [5.74, 6) is -0.550. The molecule has 106 valence electrons. The average Bonchev–Trinajstić information content (AvgIpc) is 2.83. The number of fused-ring (bicyclic) bond motifs is 1. The molecule has 2 aromatic rings. The summed E-state index contributed by atoms with van der Waals surface area (Å²) >= 11 is 3.49. The van der Waals surface area contributed by atoms with E-state index in [4.69, 9.17) is 0 Å². The molecule has 2 heterocycles. The Morgan fingerprint density at radius 1 is 1.38 bits per heavy atom. The summed E-state index contributed by atoms with van der Waals surface area (Å²) in [5, 5.41) is 4.17. The van der Waals surface area contributed by atoms with Crippen molar-refractivity contribution in [1.29, 1.82) is 0 Å². The molecule has 1 aliphatic rings. The van der Waals surface area contributed by atoms with Crippen LogP contribution in [-0.2, 0) is 9.59 Å². The van der Waals surface area contributed by atoms with Crippen LogP contribution < -0.4 is 5.32 Å². The molecule has 6 heteroatoms. The van der Waals surface area contributed by atoms with Crippen LogP contribution in [0.3, 0.4) is 0 Å². The molecular formula is C15H12BrN3O2. The van der Waals surface area contributed by atoms with Crippen molar-refractivity contribution in [2.24, 2.45) is 0 Å². The van der Waals surface area contributed by atoms with Gasteiger partial charge in [0.25, 0.3) is 5.91 Å². The summed E-state index contributed by atoms with van der Waals surface area (Å²) in [4.78, 5) is 28.6. The van der Waals surface area contributed by atoms with Crippen LogP contribution in [0.2, 0.25) is 0 Å². The number of imide groups is 1. The molecule has 0 saturated carbocycles. The van der Waals surface area contributed by atoms with Crippen molar-refractivity contribution in [3.05, 3.63) is 46.7 Å². The number of aromatic nitrogens is 1. The van der Waals surface area contributed by atoms with Crippen molar-refractivity contribution in [1.82, 2.24) is 9.88 Å². The molecule has 0 radical (unpaired) electrons. The van der Waals surface area contributed by atoms with E-state index in [0.29, 0.717) is 5.70 Å².